The molecular formula is C22H23N5O. The van der Waals surface area contributed by atoms with Gasteiger partial charge in [-0.05, 0) is 44.7 Å². The normalized spacial score (nSPS) is 17.7. The Morgan fingerprint density at radius 2 is 1.79 bits per heavy atom. The second-order valence-electron chi connectivity index (χ2n) is 7.91. The number of aromatic amines is 1. The van der Waals surface area contributed by atoms with Crippen molar-refractivity contribution in [2.24, 2.45) is 0 Å². The van der Waals surface area contributed by atoms with E-state index in [1.165, 1.54) is 0 Å². The minimum absolute atomic E-state index is 0.00174. The highest BCUT2D eigenvalue weighted by Gasteiger charge is 2.44. The lowest BCUT2D eigenvalue weighted by atomic mass is 9.76. The van der Waals surface area contributed by atoms with Gasteiger partial charge in [0.15, 0.2) is 5.82 Å². The first-order chi connectivity index (χ1) is 13.6. The predicted molar refractivity (Wildman–Crippen MR) is 109 cm³/mol. The smallest absolute Gasteiger partial charge is 0.254 e. The van der Waals surface area contributed by atoms with Gasteiger partial charge in [-0.3, -0.25) is 4.79 Å². The van der Waals surface area contributed by atoms with Crippen molar-refractivity contribution < 1.29 is 0 Å². The second-order valence-corrected chi connectivity index (χ2v) is 7.91. The Kier molecular flexibility index (Phi) is 4.00. The summed E-state index contributed by atoms with van der Waals surface area (Å²) in [6, 6.07) is 13.9. The molecule has 0 saturated carbocycles. The molecule has 3 aromatic rings. The molecule has 5 rings (SSSR count). The van der Waals surface area contributed by atoms with Gasteiger partial charge in [0.2, 0.25) is 0 Å². The third-order valence-corrected chi connectivity index (χ3v) is 6.25. The van der Waals surface area contributed by atoms with E-state index < -0.39 is 0 Å². The SMILES string of the molecule is Cc1ccc(N2CCC3(CCc4c3nc(-c3ccccc3)[nH]c4=O)CC2)nn1. The summed E-state index contributed by atoms with van der Waals surface area (Å²) in [7, 11) is 0. The number of piperidine rings is 1. The van der Waals surface area contributed by atoms with Crippen molar-refractivity contribution in [2.45, 2.75) is 38.0 Å². The van der Waals surface area contributed by atoms with Crippen LogP contribution in [0.25, 0.3) is 11.4 Å². The summed E-state index contributed by atoms with van der Waals surface area (Å²) in [6.45, 7) is 3.77. The minimum atomic E-state index is 0.00174. The van der Waals surface area contributed by atoms with Gasteiger partial charge in [-0.1, -0.05) is 30.3 Å². The molecule has 3 heterocycles. The highest BCUT2D eigenvalue weighted by atomic mass is 16.1. The van der Waals surface area contributed by atoms with Crippen LogP contribution < -0.4 is 10.5 Å². The number of benzene rings is 1. The van der Waals surface area contributed by atoms with Crippen LogP contribution in [0.5, 0.6) is 0 Å². The molecule has 2 aromatic heterocycles. The summed E-state index contributed by atoms with van der Waals surface area (Å²) in [6.07, 6.45) is 3.79. The van der Waals surface area contributed by atoms with Gasteiger partial charge >= 0.3 is 0 Å². The Morgan fingerprint density at radius 3 is 2.50 bits per heavy atom. The van der Waals surface area contributed by atoms with Gasteiger partial charge in [0.25, 0.3) is 5.56 Å². The van der Waals surface area contributed by atoms with Crippen molar-refractivity contribution in [3.05, 3.63) is 69.8 Å². The Hall–Kier alpha value is -3.02. The number of fused-ring (bicyclic) bond motifs is 2. The van der Waals surface area contributed by atoms with Crippen LogP contribution in [0.15, 0.2) is 47.3 Å². The Labute approximate surface area is 163 Å². The van der Waals surface area contributed by atoms with Crippen LogP contribution in [0.3, 0.4) is 0 Å². The average molecular weight is 373 g/mol. The molecule has 1 fully saturated rings. The summed E-state index contributed by atoms with van der Waals surface area (Å²) >= 11 is 0. The first-order valence-corrected chi connectivity index (χ1v) is 9.89. The van der Waals surface area contributed by atoms with Crippen molar-refractivity contribution in [1.82, 2.24) is 20.2 Å². The van der Waals surface area contributed by atoms with Crippen molar-refractivity contribution in [1.29, 1.82) is 0 Å². The molecule has 0 amide bonds. The Bertz CT molecular complexity index is 1050. The summed E-state index contributed by atoms with van der Waals surface area (Å²) in [4.78, 5) is 23.0. The monoisotopic (exact) mass is 373 g/mol. The van der Waals surface area contributed by atoms with Crippen LogP contribution in [0.2, 0.25) is 0 Å². The van der Waals surface area contributed by atoms with Crippen LogP contribution >= 0.6 is 0 Å². The molecule has 1 N–H and O–H groups in total. The first-order valence-electron chi connectivity index (χ1n) is 9.89. The Balaban J connectivity index is 1.46. The lowest BCUT2D eigenvalue weighted by molar-refractivity contribution is 0.322. The van der Waals surface area contributed by atoms with Crippen molar-refractivity contribution in [3.63, 3.8) is 0 Å². The highest BCUT2D eigenvalue weighted by molar-refractivity contribution is 5.55. The molecule has 6 heteroatoms. The number of H-pyrrole nitrogens is 1. The lowest BCUT2D eigenvalue weighted by Gasteiger charge is -2.39. The molecule has 1 aliphatic heterocycles. The highest BCUT2D eigenvalue weighted by Crippen LogP contribution is 2.45. The molecule has 2 aliphatic rings. The van der Waals surface area contributed by atoms with Gasteiger partial charge in [-0.2, -0.15) is 5.10 Å². The number of hydrogen-bond donors (Lipinski definition) is 1. The van der Waals surface area contributed by atoms with E-state index in [0.29, 0.717) is 5.82 Å². The van der Waals surface area contributed by atoms with Crippen LogP contribution in [-0.4, -0.2) is 33.3 Å². The molecule has 0 bridgehead atoms. The topological polar surface area (TPSA) is 74.8 Å². The zero-order chi connectivity index (χ0) is 19.1. The van der Waals surface area contributed by atoms with Crippen molar-refractivity contribution in [3.8, 4) is 11.4 Å². The standard InChI is InChI=1S/C22H23N5O/c1-15-7-8-18(26-25-15)27-13-11-22(12-14-27)10-9-17-19(22)23-20(24-21(17)28)16-5-3-2-4-6-16/h2-8H,9-14H2,1H3,(H,23,24,28). The third-order valence-electron chi connectivity index (χ3n) is 6.25. The zero-order valence-corrected chi connectivity index (χ0v) is 16.0. The molecule has 142 valence electrons. The third kappa shape index (κ3) is 2.80. The molecular weight excluding hydrogens is 350 g/mol. The fourth-order valence-electron chi connectivity index (χ4n) is 4.59. The van der Waals surface area contributed by atoms with Gasteiger partial charge < -0.3 is 9.88 Å². The van der Waals surface area contributed by atoms with E-state index in [2.05, 4.69) is 20.1 Å². The molecule has 0 atom stereocenters. The number of nitrogens with zero attached hydrogens (tertiary/aromatic N) is 4. The van der Waals surface area contributed by atoms with E-state index >= 15 is 0 Å². The summed E-state index contributed by atoms with van der Waals surface area (Å²) in [5.74, 6) is 1.61. The molecule has 0 radical (unpaired) electrons. The van der Waals surface area contributed by atoms with Crippen LogP contribution in [-0.2, 0) is 11.8 Å². The minimum Gasteiger partial charge on any atom is -0.355 e. The number of aryl methyl sites for hydroxylation is 1. The zero-order valence-electron chi connectivity index (χ0n) is 16.0. The van der Waals surface area contributed by atoms with Crippen molar-refractivity contribution in [2.75, 3.05) is 18.0 Å². The number of aromatic nitrogens is 4. The van der Waals surface area contributed by atoms with Gasteiger partial charge in [0.1, 0.15) is 5.82 Å². The molecule has 6 nitrogen and oxygen atoms in total. The van der Waals surface area contributed by atoms with Crippen LogP contribution in [0.1, 0.15) is 36.2 Å². The van der Waals surface area contributed by atoms with Gasteiger partial charge in [-0.25, -0.2) is 4.98 Å². The van der Waals surface area contributed by atoms with E-state index in [4.69, 9.17) is 4.98 Å². The maximum Gasteiger partial charge on any atom is 0.254 e. The first kappa shape index (κ1) is 17.1. The summed E-state index contributed by atoms with van der Waals surface area (Å²) in [5, 5.41) is 8.52. The molecule has 1 aliphatic carbocycles. The van der Waals surface area contributed by atoms with Gasteiger partial charge in [0, 0.05) is 29.6 Å². The summed E-state index contributed by atoms with van der Waals surface area (Å²) in [5.41, 5.74) is 3.80. The second kappa shape index (κ2) is 6.55. The van der Waals surface area contributed by atoms with Gasteiger partial charge in [-0.15, -0.1) is 5.10 Å². The Morgan fingerprint density at radius 1 is 1.00 bits per heavy atom. The van der Waals surface area contributed by atoms with E-state index in [1.807, 2.05) is 49.4 Å². The maximum absolute atomic E-state index is 12.7. The number of rotatable bonds is 2. The quantitative estimate of drug-likeness (QED) is 0.747. The molecule has 1 spiro atoms. The van der Waals surface area contributed by atoms with Crippen molar-refractivity contribution >= 4 is 5.82 Å². The number of hydrogen-bond acceptors (Lipinski definition) is 5. The number of nitrogens with one attached hydrogen (secondary N) is 1. The van der Waals surface area contributed by atoms with E-state index in [9.17, 15) is 4.79 Å². The lowest BCUT2D eigenvalue weighted by Crippen LogP contribution is -2.42. The number of anilines is 1. The molecule has 28 heavy (non-hydrogen) atoms. The molecule has 1 aromatic carbocycles. The van der Waals surface area contributed by atoms with Gasteiger partial charge in [0.05, 0.1) is 11.4 Å². The average Bonchev–Trinajstić information content (AvgIpc) is 3.09. The van der Waals surface area contributed by atoms with Crippen LogP contribution in [0.4, 0.5) is 5.82 Å². The summed E-state index contributed by atoms with van der Waals surface area (Å²) < 4.78 is 0. The molecule has 1 saturated heterocycles. The van der Waals surface area contributed by atoms with E-state index in [-0.39, 0.29) is 11.0 Å². The van der Waals surface area contributed by atoms with E-state index in [1.54, 1.807) is 0 Å². The largest absolute Gasteiger partial charge is 0.355 e. The predicted octanol–water partition coefficient (Wildman–Crippen LogP) is 3.02. The fraction of sp³-hybridized carbons (Fsp3) is 0.364. The molecule has 0 unspecified atom stereocenters. The maximum atomic E-state index is 12.7. The van der Waals surface area contributed by atoms with E-state index in [0.717, 1.165) is 67.1 Å². The van der Waals surface area contributed by atoms with Crippen LogP contribution in [0, 0.1) is 6.92 Å². The fourth-order valence-corrected chi connectivity index (χ4v) is 4.59.